The van der Waals surface area contributed by atoms with E-state index in [4.69, 9.17) is 4.74 Å². The molecule has 1 aromatic rings. The quantitative estimate of drug-likeness (QED) is 0.780. The van der Waals surface area contributed by atoms with Gasteiger partial charge in [-0.2, -0.15) is 15.0 Å². The topological polar surface area (TPSA) is 83.4 Å². The first-order valence-electron chi connectivity index (χ1n) is 6.83. The van der Waals surface area contributed by atoms with Gasteiger partial charge in [0.1, 0.15) is 0 Å². The molecule has 0 saturated heterocycles. The van der Waals surface area contributed by atoms with Crippen LogP contribution in [0.3, 0.4) is 0 Å². The highest BCUT2D eigenvalue weighted by atomic mass is 16.5. The molecule has 1 heterocycles. The van der Waals surface area contributed by atoms with Crippen LogP contribution in [0.2, 0.25) is 0 Å². The highest BCUT2D eigenvalue weighted by Crippen LogP contribution is 2.17. The predicted octanol–water partition coefficient (Wildman–Crippen LogP) is 1.30. The Morgan fingerprint density at radius 2 is 1.95 bits per heavy atom. The van der Waals surface area contributed by atoms with Gasteiger partial charge >= 0.3 is 6.01 Å². The zero-order chi connectivity index (χ0) is 15.3. The van der Waals surface area contributed by atoms with E-state index in [-0.39, 0.29) is 12.1 Å². The van der Waals surface area contributed by atoms with Crippen molar-refractivity contribution in [3.05, 3.63) is 0 Å². The van der Waals surface area contributed by atoms with E-state index in [0.29, 0.717) is 25.0 Å². The van der Waals surface area contributed by atoms with Crippen LogP contribution in [-0.4, -0.2) is 51.9 Å². The summed E-state index contributed by atoms with van der Waals surface area (Å²) in [5.41, 5.74) is -0.832. The van der Waals surface area contributed by atoms with Crippen LogP contribution in [0.4, 0.5) is 11.9 Å². The van der Waals surface area contributed by atoms with Crippen LogP contribution < -0.4 is 15.0 Å². The zero-order valence-electron chi connectivity index (χ0n) is 13.1. The van der Waals surface area contributed by atoms with Crippen molar-refractivity contribution in [2.75, 3.05) is 30.4 Å². The third-order valence-electron chi connectivity index (χ3n) is 2.41. The molecule has 0 radical (unpaired) electrons. The molecule has 2 N–H and O–H groups in total. The van der Waals surface area contributed by atoms with E-state index < -0.39 is 5.60 Å². The molecule has 20 heavy (non-hydrogen) atoms. The van der Waals surface area contributed by atoms with Crippen LogP contribution in [-0.2, 0) is 0 Å². The number of aliphatic hydroxyl groups is 1. The van der Waals surface area contributed by atoms with Gasteiger partial charge in [0.05, 0.1) is 11.7 Å². The summed E-state index contributed by atoms with van der Waals surface area (Å²) >= 11 is 0. The lowest BCUT2D eigenvalue weighted by Gasteiger charge is -2.28. The molecule has 7 nitrogen and oxygen atoms in total. The van der Waals surface area contributed by atoms with Crippen molar-refractivity contribution in [2.45, 2.75) is 46.3 Å². The molecule has 1 rings (SSSR count). The minimum atomic E-state index is -0.832. The summed E-state index contributed by atoms with van der Waals surface area (Å²) in [5.74, 6) is 0.935. The second-order valence-corrected chi connectivity index (χ2v) is 5.48. The van der Waals surface area contributed by atoms with Crippen LogP contribution >= 0.6 is 0 Å². The summed E-state index contributed by atoms with van der Waals surface area (Å²) in [6.07, 6.45) is -0.0145. The van der Waals surface area contributed by atoms with Gasteiger partial charge in [0.2, 0.25) is 11.9 Å². The van der Waals surface area contributed by atoms with Crippen LogP contribution in [0.1, 0.15) is 34.6 Å². The van der Waals surface area contributed by atoms with Gasteiger partial charge in [-0.3, -0.25) is 0 Å². The molecule has 0 unspecified atom stereocenters. The van der Waals surface area contributed by atoms with Crippen molar-refractivity contribution in [3.8, 4) is 6.01 Å². The fraction of sp³-hybridized carbons (Fsp3) is 0.769. The van der Waals surface area contributed by atoms with Crippen LogP contribution in [0.25, 0.3) is 0 Å². The number of anilines is 2. The Kier molecular flexibility index (Phi) is 5.50. The highest BCUT2D eigenvalue weighted by molar-refractivity contribution is 5.38. The van der Waals surface area contributed by atoms with Crippen LogP contribution in [0, 0.1) is 0 Å². The van der Waals surface area contributed by atoms with Gasteiger partial charge in [-0.15, -0.1) is 0 Å². The first-order valence-corrected chi connectivity index (χ1v) is 6.83. The molecule has 0 bridgehead atoms. The molecule has 0 saturated carbocycles. The Morgan fingerprint density at radius 1 is 1.30 bits per heavy atom. The molecular formula is C13H25N5O2. The van der Waals surface area contributed by atoms with Gasteiger partial charge in [-0.05, 0) is 34.6 Å². The average Bonchev–Trinajstić information content (AvgIpc) is 2.33. The molecule has 0 spiro atoms. The zero-order valence-corrected chi connectivity index (χ0v) is 13.1. The highest BCUT2D eigenvalue weighted by Gasteiger charge is 2.21. The number of hydrogen-bond acceptors (Lipinski definition) is 7. The summed E-state index contributed by atoms with van der Waals surface area (Å²) in [4.78, 5) is 14.7. The number of hydrogen-bond donors (Lipinski definition) is 2. The fourth-order valence-electron chi connectivity index (χ4n) is 1.65. The smallest absolute Gasteiger partial charge is 0.323 e. The Bertz CT molecular complexity index is 431. The van der Waals surface area contributed by atoms with Gasteiger partial charge in [-0.1, -0.05) is 0 Å². The summed E-state index contributed by atoms with van der Waals surface area (Å²) < 4.78 is 5.53. The minimum Gasteiger partial charge on any atom is -0.461 e. The SMILES string of the molecule is CCN(CC(C)(C)O)c1nc(NC)nc(OC(C)C)n1. The Hall–Kier alpha value is -1.63. The standard InChI is InChI=1S/C13H25N5O2/c1-7-18(8-13(4,5)19)11-15-10(14-6)16-12(17-11)20-9(2)3/h9,19H,7-8H2,1-6H3,(H,14,15,16,17). The third kappa shape index (κ3) is 5.16. The molecule has 0 fully saturated rings. The summed E-state index contributed by atoms with van der Waals surface area (Å²) in [7, 11) is 1.74. The molecule has 114 valence electrons. The van der Waals surface area contributed by atoms with Crippen molar-refractivity contribution in [2.24, 2.45) is 0 Å². The van der Waals surface area contributed by atoms with Crippen molar-refractivity contribution in [1.29, 1.82) is 0 Å². The number of aromatic nitrogens is 3. The van der Waals surface area contributed by atoms with E-state index in [0.717, 1.165) is 0 Å². The van der Waals surface area contributed by atoms with Crippen LogP contribution in [0.5, 0.6) is 6.01 Å². The molecule has 0 atom stereocenters. The summed E-state index contributed by atoms with van der Waals surface area (Å²) in [5, 5.41) is 12.9. The molecule has 0 aliphatic carbocycles. The average molecular weight is 283 g/mol. The minimum absolute atomic E-state index is 0.0145. The maximum atomic E-state index is 9.96. The monoisotopic (exact) mass is 283 g/mol. The van der Waals surface area contributed by atoms with E-state index >= 15 is 0 Å². The lowest BCUT2D eigenvalue weighted by atomic mass is 10.1. The maximum absolute atomic E-state index is 9.96. The van der Waals surface area contributed by atoms with Gasteiger partial charge < -0.3 is 20.1 Å². The molecule has 1 aromatic heterocycles. The second-order valence-electron chi connectivity index (χ2n) is 5.48. The third-order valence-corrected chi connectivity index (χ3v) is 2.41. The Morgan fingerprint density at radius 3 is 2.40 bits per heavy atom. The lowest BCUT2D eigenvalue weighted by molar-refractivity contribution is 0.0871. The molecule has 0 aliphatic heterocycles. The van der Waals surface area contributed by atoms with Gasteiger partial charge in [0, 0.05) is 20.1 Å². The van der Waals surface area contributed by atoms with Crippen molar-refractivity contribution in [3.63, 3.8) is 0 Å². The number of nitrogens with one attached hydrogen (secondary N) is 1. The molecule has 7 heteroatoms. The molecule has 0 aliphatic rings. The van der Waals surface area contributed by atoms with E-state index in [1.165, 1.54) is 0 Å². The fourth-order valence-corrected chi connectivity index (χ4v) is 1.65. The van der Waals surface area contributed by atoms with E-state index in [2.05, 4.69) is 20.3 Å². The maximum Gasteiger partial charge on any atom is 0.323 e. The van der Waals surface area contributed by atoms with Crippen LogP contribution in [0.15, 0.2) is 0 Å². The summed E-state index contributed by atoms with van der Waals surface area (Å²) in [6.45, 7) is 10.4. The summed E-state index contributed by atoms with van der Waals surface area (Å²) in [6, 6.07) is 0.281. The Balaban J connectivity index is 3.07. The molecular weight excluding hydrogens is 258 g/mol. The Labute approximate surface area is 120 Å². The number of nitrogens with zero attached hydrogens (tertiary/aromatic N) is 4. The van der Waals surface area contributed by atoms with E-state index in [1.54, 1.807) is 20.9 Å². The first-order chi connectivity index (χ1) is 9.25. The van der Waals surface area contributed by atoms with Gasteiger partial charge in [0.25, 0.3) is 0 Å². The van der Waals surface area contributed by atoms with Gasteiger partial charge in [0.15, 0.2) is 0 Å². The normalized spacial score (nSPS) is 11.6. The lowest BCUT2D eigenvalue weighted by Crippen LogP contribution is -2.39. The predicted molar refractivity (Wildman–Crippen MR) is 79.3 cm³/mol. The van der Waals surface area contributed by atoms with E-state index in [9.17, 15) is 5.11 Å². The van der Waals surface area contributed by atoms with Crippen molar-refractivity contribution < 1.29 is 9.84 Å². The number of ether oxygens (including phenoxy) is 1. The number of rotatable bonds is 7. The molecule has 0 amide bonds. The van der Waals surface area contributed by atoms with E-state index in [1.807, 2.05) is 25.7 Å². The van der Waals surface area contributed by atoms with Crippen molar-refractivity contribution >= 4 is 11.9 Å². The van der Waals surface area contributed by atoms with Gasteiger partial charge in [-0.25, -0.2) is 0 Å². The second kappa shape index (κ2) is 6.69. The molecule has 0 aromatic carbocycles. The number of likely N-dealkylation sites (N-methyl/N-ethyl adjacent to an activating group) is 1. The van der Waals surface area contributed by atoms with Crippen molar-refractivity contribution in [1.82, 2.24) is 15.0 Å². The first kappa shape index (κ1) is 16.4. The largest absolute Gasteiger partial charge is 0.461 e.